The van der Waals surface area contributed by atoms with Gasteiger partial charge in [-0.05, 0) is 60.3 Å². The SMILES string of the molecule is Cc1ccc(Br)c(S(=O)(=O)N2CCCCC2C(C)N)c1. The summed E-state index contributed by atoms with van der Waals surface area (Å²) < 4.78 is 28.0. The predicted octanol–water partition coefficient (Wildman–Crippen LogP) is 2.65. The molecule has 1 aliphatic rings. The van der Waals surface area contributed by atoms with Crippen LogP contribution in [0, 0.1) is 6.92 Å². The van der Waals surface area contributed by atoms with Gasteiger partial charge in [-0.25, -0.2) is 8.42 Å². The third kappa shape index (κ3) is 3.08. The van der Waals surface area contributed by atoms with Gasteiger partial charge in [0, 0.05) is 23.1 Å². The van der Waals surface area contributed by atoms with Gasteiger partial charge in [-0.3, -0.25) is 0 Å². The second-order valence-electron chi connectivity index (χ2n) is 5.47. The van der Waals surface area contributed by atoms with Crippen LogP contribution < -0.4 is 5.73 Å². The molecule has 0 radical (unpaired) electrons. The van der Waals surface area contributed by atoms with E-state index in [0.717, 1.165) is 24.8 Å². The summed E-state index contributed by atoms with van der Waals surface area (Å²) in [6.07, 6.45) is 2.76. The van der Waals surface area contributed by atoms with Crippen molar-refractivity contribution in [3.63, 3.8) is 0 Å². The van der Waals surface area contributed by atoms with E-state index in [2.05, 4.69) is 15.9 Å². The maximum Gasteiger partial charge on any atom is 0.244 e. The third-order valence-electron chi connectivity index (χ3n) is 3.78. The molecule has 4 nitrogen and oxygen atoms in total. The summed E-state index contributed by atoms with van der Waals surface area (Å²) in [6.45, 7) is 4.32. The summed E-state index contributed by atoms with van der Waals surface area (Å²) in [6, 6.07) is 5.12. The van der Waals surface area contributed by atoms with Crippen LogP contribution >= 0.6 is 15.9 Å². The first-order valence-electron chi connectivity index (χ1n) is 6.87. The smallest absolute Gasteiger partial charge is 0.244 e. The Balaban J connectivity index is 2.45. The molecule has 112 valence electrons. The highest BCUT2D eigenvalue weighted by atomic mass is 79.9. The molecule has 1 saturated heterocycles. The van der Waals surface area contributed by atoms with Gasteiger partial charge in [0.1, 0.15) is 0 Å². The van der Waals surface area contributed by atoms with E-state index in [1.165, 1.54) is 0 Å². The van der Waals surface area contributed by atoms with Gasteiger partial charge in [-0.2, -0.15) is 4.31 Å². The van der Waals surface area contributed by atoms with Crippen LogP contribution in [0.15, 0.2) is 27.6 Å². The fraction of sp³-hybridized carbons (Fsp3) is 0.571. The second kappa shape index (κ2) is 6.13. The molecule has 1 aromatic carbocycles. The minimum atomic E-state index is -3.50. The van der Waals surface area contributed by atoms with Crippen molar-refractivity contribution < 1.29 is 8.42 Å². The van der Waals surface area contributed by atoms with Crippen molar-refractivity contribution in [3.05, 3.63) is 28.2 Å². The maximum absolute atomic E-state index is 12.9. The van der Waals surface area contributed by atoms with Crippen LogP contribution in [0.25, 0.3) is 0 Å². The zero-order valence-electron chi connectivity index (χ0n) is 11.8. The third-order valence-corrected chi connectivity index (χ3v) is 6.70. The predicted molar refractivity (Wildman–Crippen MR) is 84.1 cm³/mol. The fourth-order valence-electron chi connectivity index (χ4n) is 2.69. The van der Waals surface area contributed by atoms with E-state index in [0.29, 0.717) is 15.9 Å². The molecule has 0 amide bonds. The minimum Gasteiger partial charge on any atom is -0.326 e. The summed E-state index contributed by atoms with van der Waals surface area (Å²) in [4.78, 5) is 0.338. The Kier molecular flexibility index (Phi) is 4.89. The zero-order valence-corrected chi connectivity index (χ0v) is 14.2. The quantitative estimate of drug-likeness (QED) is 0.900. The normalized spacial score (nSPS) is 22.7. The lowest BCUT2D eigenvalue weighted by molar-refractivity contribution is 0.227. The number of benzene rings is 1. The highest BCUT2D eigenvalue weighted by molar-refractivity contribution is 9.10. The van der Waals surface area contributed by atoms with Crippen LogP contribution in [-0.2, 0) is 10.0 Å². The zero-order chi connectivity index (χ0) is 14.9. The molecule has 2 N–H and O–H groups in total. The molecular weight excluding hydrogens is 340 g/mol. The molecule has 2 atom stereocenters. The van der Waals surface area contributed by atoms with Gasteiger partial charge in [0.15, 0.2) is 0 Å². The number of aryl methyl sites for hydroxylation is 1. The van der Waals surface area contributed by atoms with Gasteiger partial charge in [-0.1, -0.05) is 12.5 Å². The van der Waals surface area contributed by atoms with Gasteiger partial charge in [-0.15, -0.1) is 0 Å². The first-order valence-corrected chi connectivity index (χ1v) is 9.11. The van der Waals surface area contributed by atoms with Gasteiger partial charge in [0.2, 0.25) is 10.0 Å². The molecule has 2 rings (SSSR count). The summed E-state index contributed by atoms with van der Waals surface area (Å²) in [5, 5.41) is 0. The van der Waals surface area contributed by atoms with Crippen molar-refractivity contribution in [2.75, 3.05) is 6.54 Å². The van der Waals surface area contributed by atoms with Crippen LogP contribution in [-0.4, -0.2) is 31.4 Å². The van der Waals surface area contributed by atoms with Crippen molar-refractivity contribution >= 4 is 26.0 Å². The highest BCUT2D eigenvalue weighted by Crippen LogP contribution is 2.31. The van der Waals surface area contributed by atoms with Crippen LogP contribution in [0.1, 0.15) is 31.7 Å². The number of sulfonamides is 1. The number of hydrogen-bond acceptors (Lipinski definition) is 3. The van der Waals surface area contributed by atoms with Crippen molar-refractivity contribution in [3.8, 4) is 0 Å². The lowest BCUT2D eigenvalue weighted by Gasteiger charge is -2.37. The molecule has 6 heteroatoms. The lowest BCUT2D eigenvalue weighted by atomic mass is 10.00. The second-order valence-corrected chi connectivity index (χ2v) is 8.19. The largest absolute Gasteiger partial charge is 0.326 e. The molecule has 0 spiro atoms. The maximum atomic E-state index is 12.9. The average Bonchev–Trinajstić information content (AvgIpc) is 2.41. The van der Waals surface area contributed by atoms with E-state index in [1.54, 1.807) is 16.4 Å². The Morgan fingerprint density at radius 2 is 2.10 bits per heavy atom. The summed E-state index contributed by atoms with van der Waals surface area (Å²) in [5.41, 5.74) is 6.91. The Labute approximate surface area is 129 Å². The van der Waals surface area contributed by atoms with Crippen LogP contribution in [0.3, 0.4) is 0 Å². The molecule has 0 aromatic heterocycles. The molecule has 1 aliphatic heterocycles. The van der Waals surface area contributed by atoms with Crippen molar-refractivity contribution in [2.45, 2.75) is 50.1 Å². The first-order chi connectivity index (χ1) is 9.34. The van der Waals surface area contributed by atoms with E-state index in [9.17, 15) is 8.42 Å². The highest BCUT2D eigenvalue weighted by Gasteiger charge is 2.36. The van der Waals surface area contributed by atoms with Crippen LogP contribution in [0.5, 0.6) is 0 Å². The molecule has 2 unspecified atom stereocenters. The first kappa shape index (κ1) is 15.9. The van der Waals surface area contributed by atoms with Crippen molar-refractivity contribution in [1.82, 2.24) is 4.31 Å². The van der Waals surface area contributed by atoms with E-state index < -0.39 is 10.0 Å². The summed E-state index contributed by atoms with van der Waals surface area (Å²) >= 11 is 3.35. The number of hydrogen-bond donors (Lipinski definition) is 1. The lowest BCUT2D eigenvalue weighted by Crippen LogP contribution is -2.51. The minimum absolute atomic E-state index is 0.110. The monoisotopic (exact) mass is 360 g/mol. The molecule has 1 fully saturated rings. The standard InChI is InChI=1S/C14H21BrN2O2S/c1-10-6-7-12(15)14(9-10)20(18,19)17-8-4-3-5-13(17)11(2)16/h6-7,9,11,13H,3-5,8,16H2,1-2H3. The summed E-state index contributed by atoms with van der Waals surface area (Å²) in [7, 11) is -3.50. The number of rotatable bonds is 3. The molecule has 1 heterocycles. The van der Waals surface area contributed by atoms with Crippen LogP contribution in [0.4, 0.5) is 0 Å². The average molecular weight is 361 g/mol. The van der Waals surface area contributed by atoms with Gasteiger partial charge < -0.3 is 5.73 Å². The number of piperidine rings is 1. The molecule has 20 heavy (non-hydrogen) atoms. The topological polar surface area (TPSA) is 63.4 Å². The fourth-order valence-corrected chi connectivity index (χ4v) is 5.47. The molecule has 0 bridgehead atoms. The van der Waals surface area contributed by atoms with Gasteiger partial charge in [0.25, 0.3) is 0 Å². The van der Waals surface area contributed by atoms with Gasteiger partial charge in [0.05, 0.1) is 4.90 Å². The molecule has 1 aromatic rings. The van der Waals surface area contributed by atoms with Crippen molar-refractivity contribution in [2.24, 2.45) is 5.73 Å². The Morgan fingerprint density at radius 3 is 2.75 bits per heavy atom. The van der Waals surface area contributed by atoms with E-state index in [4.69, 9.17) is 5.73 Å². The Morgan fingerprint density at radius 1 is 1.40 bits per heavy atom. The van der Waals surface area contributed by atoms with E-state index >= 15 is 0 Å². The van der Waals surface area contributed by atoms with E-state index in [-0.39, 0.29) is 12.1 Å². The summed E-state index contributed by atoms with van der Waals surface area (Å²) in [5.74, 6) is 0. The molecule has 0 saturated carbocycles. The number of nitrogens with two attached hydrogens (primary N) is 1. The molecular formula is C14H21BrN2O2S. The molecule has 0 aliphatic carbocycles. The number of halogens is 1. The van der Waals surface area contributed by atoms with Crippen molar-refractivity contribution in [1.29, 1.82) is 0 Å². The van der Waals surface area contributed by atoms with Crippen LogP contribution in [0.2, 0.25) is 0 Å². The Bertz CT molecular complexity index is 587. The van der Waals surface area contributed by atoms with E-state index in [1.807, 2.05) is 19.9 Å². The van der Waals surface area contributed by atoms with Gasteiger partial charge >= 0.3 is 0 Å². The number of nitrogens with zero attached hydrogens (tertiary/aromatic N) is 1. The Hall–Kier alpha value is -0.430.